The number of carbonyl (C=O) groups excluding carboxylic acids is 2. The molecule has 1 aromatic rings. The van der Waals surface area contributed by atoms with E-state index < -0.39 is 0 Å². The molecule has 1 fully saturated rings. The molecule has 0 spiro atoms. The highest BCUT2D eigenvalue weighted by Crippen LogP contribution is 2.27. The maximum atomic E-state index is 12.2. The number of aryl methyl sites for hydroxylation is 1. The smallest absolute Gasteiger partial charge is 0.245 e. The number of amides is 2. The molecule has 116 valence electrons. The summed E-state index contributed by atoms with van der Waals surface area (Å²) in [6, 6.07) is 1.89. The minimum Gasteiger partial charge on any atom is -0.360 e. The maximum Gasteiger partial charge on any atom is 0.245 e. The monoisotopic (exact) mass is 293 g/mol. The van der Waals surface area contributed by atoms with Crippen LogP contribution in [0.25, 0.3) is 0 Å². The summed E-state index contributed by atoms with van der Waals surface area (Å²) < 4.78 is 4.90. The van der Waals surface area contributed by atoms with Crippen molar-refractivity contribution in [1.29, 1.82) is 0 Å². The van der Waals surface area contributed by atoms with Crippen LogP contribution in [-0.2, 0) is 9.59 Å². The highest BCUT2D eigenvalue weighted by atomic mass is 16.5. The molecule has 0 radical (unpaired) electrons. The second kappa shape index (κ2) is 7.24. The molecule has 0 aliphatic heterocycles. The average Bonchev–Trinajstić information content (AvgIpc) is 3.20. The molecule has 0 unspecified atom stereocenters. The molecule has 1 aromatic heterocycles. The van der Waals surface area contributed by atoms with E-state index in [2.05, 4.69) is 17.4 Å². The molecule has 0 saturated heterocycles. The molecular weight excluding hydrogens is 270 g/mol. The lowest BCUT2D eigenvalue weighted by atomic mass is 10.2. The Kier molecular flexibility index (Phi) is 5.36. The zero-order valence-corrected chi connectivity index (χ0v) is 12.7. The van der Waals surface area contributed by atoms with Gasteiger partial charge in [0.1, 0.15) is 12.3 Å². The van der Waals surface area contributed by atoms with E-state index in [1.54, 1.807) is 17.9 Å². The third kappa shape index (κ3) is 4.88. The van der Waals surface area contributed by atoms with Gasteiger partial charge in [-0.1, -0.05) is 24.9 Å². The van der Waals surface area contributed by atoms with E-state index in [1.807, 2.05) is 0 Å². The van der Waals surface area contributed by atoms with Crippen LogP contribution in [0.15, 0.2) is 10.6 Å². The standard InChI is InChI=1S/C15H23N3O3/c1-3-4-5-6-15(20)18(12-7-8-12)10-14(19)16-13-9-11(2)21-17-13/h9,12H,3-8,10H2,1-2H3,(H,16,17,19). The van der Waals surface area contributed by atoms with Crippen molar-refractivity contribution in [3.63, 3.8) is 0 Å². The average molecular weight is 293 g/mol. The molecule has 0 aromatic carbocycles. The Balaban J connectivity index is 1.84. The van der Waals surface area contributed by atoms with Gasteiger partial charge in [0.15, 0.2) is 5.82 Å². The van der Waals surface area contributed by atoms with Crippen LogP contribution in [0, 0.1) is 6.92 Å². The summed E-state index contributed by atoms with van der Waals surface area (Å²) in [5.74, 6) is 0.892. The molecular formula is C15H23N3O3. The van der Waals surface area contributed by atoms with E-state index in [4.69, 9.17) is 4.52 Å². The molecule has 0 bridgehead atoms. The van der Waals surface area contributed by atoms with Crippen molar-refractivity contribution in [1.82, 2.24) is 10.1 Å². The Labute approximate surface area is 124 Å². The third-order valence-corrected chi connectivity index (χ3v) is 3.51. The van der Waals surface area contributed by atoms with Gasteiger partial charge in [-0.25, -0.2) is 0 Å². The number of aromatic nitrogens is 1. The van der Waals surface area contributed by atoms with Gasteiger partial charge in [0, 0.05) is 18.5 Å². The summed E-state index contributed by atoms with van der Waals surface area (Å²) in [5.41, 5.74) is 0. The van der Waals surface area contributed by atoms with Gasteiger partial charge < -0.3 is 14.7 Å². The zero-order valence-electron chi connectivity index (χ0n) is 12.7. The fourth-order valence-electron chi connectivity index (χ4n) is 2.24. The Bertz CT molecular complexity index is 494. The summed E-state index contributed by atoms with van der Waals surface area (Å²) in [6.07, 6.45) is 5.55. The predicted molar refractivity (Wildman–Crippen MR) is 78.7 cm³/mol. The normalized spacial score (nSPS) is 14.0. The number of hydrogen-bond donors (Lipinski definition) is 1. The number of anilines is 1. The quantitative estimate of drug-likeness (QED) is 0.747. The fraction of sp³-hybridized carbons (Fsp3) is 0.667. The third-order valence-electron chi connectivity index (χ3n) is 3.51. The molecule has 6 heteroatoms. The van der Waals surface area contributed by atoms with Crippen molar-refractivity contribution in [2.24, 2.45) is 0 Å². The maximum absolute atomic E-state index is 12.2. The molecule has 1 N–H and O–H groups in total. The predicted octanol–water partition coefficient (Wildman–Crippen LogP) is 2.49. The van der Waals surface area contributed by atoms with Crippen LogP contribution in [0.1, 0.15) is 51.2 Å². The summed E-state index contributed by atoms with van der Waals surface area (Å²) in [5, 5.41) is 6.38. The first-order valence-electron chi connectivity index (χ1n) is 7.62. The van der Waals surface area contributed by atoms with E-state index in [0.29, 0.717) is 18.0 Å². The number of nitrogens with one attached hydrogen (secondary N) is 1. The van der Waals surface area contributed by atoms with E-state index in [0.717, 1.165) is 32.1 Å². The van der Waals surface area contributed by atoms with Crippen LogP contribution in [0.2, 0.25) is 0 Å². The number of rotatable bonds is 8. The van der Waals surface area contributed by atoms with Crippen molar-refractivity contribution < 1.29 is 14.1 Å². The van der Waals surface area contributed by atoms with Gasteiger partial charge in [-0.3, -0.25) is 9.59 Å². The van der Waals surface area contributed by atoms with Crippen LogP contribution < -0.4 is 5.32 Å². The lowest BCUT2D eigenvalue weighted by molar-refractivity contribution is -0.135. The fourth-order valence-corrected chi connectivity index (χ4v) is 2.24. The van der Waals surface area contributed by atoms with Crippen molar-refractivity contribution >= 4 is 17.6 Å². The van der Waals surface area contributed by atoms with Gasteiger partial charge in [-0.2, -0.15) is 0 Å². The zero-order chi connectivity index (χ0) is 15.2. The van der Waals surface area contributed by atoms with Crippen LogP contribution in [-0.4, -0.2) is 34.5 Å². The number of nitrogens with zero attached hydrogens (tertiary/aromatic N) is 2. The molecule has 1 saturated carbocycles. The highest BCUT2D eigenvalue weighted by molar-refractivity contribution is 5.94. The number of hydrogen-bond acceptors (Lipinski definition) is 4. The second-order valence-corrected chi connectivity index (χ2v) is 5.58. The first-order chi connectivity index (χ1) is 10.1. The van der Waals surface area contributed by atoms with Crippen LogP contribution >= 0.6 is 0 Å². The van der Waals surface area contributed by atoms with Crippen LogP contribution in [0.3, 0.4) is 0 Å². The minimum absolute atomic E-state index is 0.0810. The Morgan fingerprint density at radius 3 is 2.76 bits per heavy atom. The van der Waals surface area contributed by atoms with Crippen molar-refractivity contribution in [3.05, 3.63) is 11.8 Å². The molecule has 1 heterocycles. The molecule has 6 nitrogen and oxygen atoms in total. The lowest BCUT2D eigenvalue weighted by Crippen LogP contribution is -2.39. The van der Waals surface area contributed by atoms with Crippen molar-refractivity contribution in [2.75, 3.05) is 11.9 Å². The van der Waals surface area contributed by atoms with Gasteiger partial charge in [0.2, 0.25) is 11.8 Å². The van der Waals surface area contributed by atoms with Gasteiger partial charge in [0.05, 0.1) is 0 Å². The van der Waals surface area contributed by atoms with Gasteiger partial charge in [0.25, 0.3) is 0 Å². The Morgan fingerprint density at radius 1 is 1.43 bits per heavy atom. The summed E-state index contributed by atoms with van der Waals surface area (Å²) in [6.45, 7) is 3.97. The van der Waals surface area contributed by atoms with Gasteiger partial charge in [-0.15, -0.1) is 0 Å². The second-order valence-electron chi connectivity index (χ2n) is 5.58. The number of carbonyl (C=O) groups is 2. The van der Waals surface area contributed by atoms with E-state index >= 15 is 0 Å². The van der Waals surface area contributed by atoms with Crippen LogP contribution in [0.4, 0.5) is 5.82 Å². The van der Waals surface area contributed by atoms with E-state index in [-0.39, 0.29) is 24.4 Å². The Hall–Kier alpha value is -1.85. The van der Waals surface area contributed by atoms with Crippen LogP contribution in [0.5, 0.6) is 0 Å². The largest absolute Gasteiger partial charge is 0.360 e. The highest BCUT2D eigenvalue weighted by Gasteiger charge is 2.33. The van der Waals surface area contributed by atoms with E-state index in [9.17, 15) is 9.59 Å². The topological polar surface area (TPSA) is 75.4 Å². The molecule has 1 aliphatic carbocycles. The first kappa shape index (κ1) is 15.5. The molecule has 0 atom stereocenters. The van der Waals surface area contributed by atoms with Gasteiger partial charge >= 0.3 is 0 Å². The molecule has 21 heavy (non-hydrogen) atoms. The summed E-state index contributed by atoms with van der Waals surface area (Å²) >= 11 is 0. The molecule has 1 aliphatic rings. The minimum atomic E-state index is -0.223. The molecule has 2 rings (SSSR count). The SMILES string of the molecule is CCCCCC(=O)N(CC(=O)Nc1cc(C)on1)C1CC1. The lowest BCUT2D eigenvalue weighted by Gasteiger charge is -2.21. The molecule has 2 amide bonds. The Morgan fingerprint density at radius 2 is 2.19 bits per heavy atom. The summed E-state index contributed by atoms with van der Waals surface area (Å²) in [7, 11) is 0. The van der Waals surface area contributed by atoms with Gasteiger partial charge in [-0.05, 0) is 26.2 Å². The first-order valence-corrected chi connectivity index (χ1v) is 7.62. The van der Waals surface area contributed by atoms with Crippen molar-refractivity contribution in [2.45, 2.75) is 58.4 Å². The van der Waals surface area contributed by atoms with E-state index in [1.165, 1.54) is 0 Å². The summed E-state index contributed by atoms with van der Waals surface area (Å²) in [4.78, 5) is 25.9. The van der Waals surface area contributed by atoms with Crippen molar-refractivity contribution in [3.8, 4) is 0 Å². The number of unbranched alkanes of at least 4 members (excludes halogenated alkanes) is 2.